The van der Waals surface area contributed by atoms with Crippen LogP contribution in [-0.4, -0.2) is 22.1 Å². The predicted molar refractivity (Wildman–Crippen MR) is 110 cm³/mol. The highest BCUT2D eigenvalue weighted by molar-refractivity contribution is 7.90. The molecular weight excluding hydrogens is 386 g/mol. The van der Waals surface area contributed by atoms with Gasteiger partial charge in [0.1, 0.15) is 5.75 Å². The molecule has 0 aliphatic heterocycles. The topological polar surface area (TPSA) is 93.4 Å². The molecule has 0 saturated heterocycles. The van der Waals surface area contributed by atoms with Gasteiger partial charge in [-0.3, -0.25) is 4.72 Å². The Morgan fingerprint density at radius 1 is 1.19 bits per heavy atom. The van der Waals surface area contributed by atoms with E-state index in [2.05, 4.69) is 23.9 Å². The summed E-state index contributed by atoms with van der Waals surface area (Å²) in [4.78, 5) is 0. The molecule has 4 N–H and O–H groups in total. The average molecular weight is 410 g/mol. The van der Waals surface area contributed by atoms with Gasteiger partial charge in [0.2, 0.25) is 0 Å². The van der Waals surface area contributed by atoms with Crippen molar-refractivity contribution in [3.8, 4) is 5.75 Å². The molecule has 1 aliphatic rings. The first kappa shape index (κ1) is 19.8. The normalized spacial score (nSPS) is 20.8. The van der Waals surface area contributed by atoms with Crippen molar-refractivity contribution in [2.24, 2.45) is 16.5 Å². The number of nitrogens with one attached hydrogen (secondary N) is 2. The van der Waals surface area contributed by atoms with Gasteiger partial charge in [0.15, 0.2) is 0 Å². The average Bonchev–Trinajstić information content (AvgIpc) is 3.13. The maximum atomic E-state index is 11.1. The number of anilines is 2. The number of ether oxygens (including phenoxy) is 1. The molecule has 146 valence electrons. The van der Waals surface area contributed by atoms with Crippen molar-refractivity contribution < 1.29 is 13.2 Å². The van der Waals surface area contributed by atoms with Crippen LogP contribution >= 0.6 is 11.6 Å². The zero-order chi connectivity index (χ0) is 19.8. The van der Waals surface area contributed by atoms with Crippen LogP contribution in [0.3, 0.4) is 0 Å². The van der Waals surface area contributed by atoms with Gasteiger partial charge in [0, 0.05) is 17.3 Å². The van der Waals surface area contributed by atoms with E-state index in [0.717, 1.165) is 18.0 Å². The summed E-state index contributed by atoms with van der Waals surface area (Å²) >= 11 is 6.09. The Morgan fingerprint density at radius 2 is 1.85 bits per heavy atom. The van der Waals surface area contributed by atoms with Crippen molar-refractivity contribution in [2.75, 3.05) is 23.7 Å². The van der Waals surface area contributed by atoms with E-state index in [9.17, 15) is 8.42 Å². The summed E-state index contributed by atoms with van der Waals surface area (Å²) in [5, 5.41) is 9.11. The second-order valence-corrected chi connectivity index (χ2v) is 9.13. The molecule has 3 rings (SSSR count). The fourth-order valence-corrected chi connectivity index (χ4v) is 4.38. The van der Waals surface area contributed by atoms with Crippen LogP contribution in [0.15, 0.2) is 42.5 Å². The number of nitrogens with two attached hydrogens (primary N) is 1. The van der Waals surface area contributed by atoms with Crippen LogP contribution in [0.5, 0.6) is 5.75 Å². The summed E-state index contributed by atoms with van der Waals surface area (Å²) in [5.74, 6) is 1.56. The van der Waals surface area contributed by atoms with Gasteiger partial charge >= 0.3 is 0 Å². The number of rotatable bonds is 7. The summed E-state index contributed by atoms with van der Waals surface area (Å²) < 4.78 is 29.9. The largest absolute Gasteiger partial charge is 0.495 e. The van der Waals surface area contributed by atoms with E-state index in [1.807, 2.05) is 24.3 Å². The SMILES string of the molecule is COc1ccc(Cl)cc1NC[C@H]1[C@H](c2ccc(NS(N)(=O)=O)cc2)C1(C)C. The van der Waals surface area contributed by atoms with E-state index >= 15 is 0 Å². The van der Waals surface area contributed by atoms with E-state index < -0.39 is 10.2 Å². The zero-order valence-corrected chi connectivity index (χ0v) is 17.1. The molecule has 0 spiro atoms. The Balaban J connectivity index is 1.69. The van der Waals surface area contributed by atoms with Gasteiger partial charge in [-0.1, -0.05) is 37.6 Å². The minimum Gasteiger partial charge on any atom is -0.495 e. The Hall–Kier alpha value is -1.96. The van der Waals surface area contributed by atoms with Crippen molar-refractivity contribution in [3.05, 3.63) is 53.1 Å². The molecule has 1 fully saturated rings. The van der Waals surface area contributed by atoms with Crippen LogP contribution in [0, 0.1) is 11.3 Å². The molecule has 0 bridgehead atoms. The molecule has 1 saturated carbocycles. The number of hydrogen-bond donors (Lipinski definition) is 3. The van der Waals surface area contributed by atoms with E-state index in [4.69, 9.17) is 21.5 Å². The summed E-state index contributed by atoms with van der Waals surface area (Å²) in [6, 6.07) is 12.9. The van der Waals surface area contributed by atoms with Gasteiger partial charge in [-0.15, -0.1) is 0 Å². The lowest BCUT2D eigenvalue weighted by atomic mass is 10.0. The fraction of sp³-hybridized carbons (Fsp3) is 0.368. The predicted octanol–water partition coefficient (Wildman–Crippen LogP) is 3.82. The highest BCUT2D eigenvalue weighted by atomic mass is 35.5. The summed E-state index contributed by atoms with van der Waals surface area (Å²) in [5.41, 5.74) is 2.63. The summed E-state index contributed by atoms with van der Waals surface area (Å²) in [7, 11) is -2.13. The van der Waals surface area contributed by atoms with Crippen LogP contribution < -0.4 is 19.9 Å². The quantitative estimate of drug-likeness (QED) is 0.648. The lowest BCUT2D eigenvalue weighted by Crippen LogP contribution is -2.21. The van der Waals surface area contributed by atoms with Gasteiger partial charge in [-0.2, -0.15) is 8.42 Å². The Labute approximate surface area is 165 Å². The highest BCUT2D eigenvalue weighted by Crippen LogP contribution is 2.64. The molecule has 2 atom stereocenters. The van der Waals surface area contributed by atoms with Crippen LogP contribution in [0.25, 0.3) is 0 Å². The third-order valence-corrected chi connectivity index (χ3v) is 6.01. The molecule has 2 aromatic rings. The van der Waals surface area contributed by atoms with Gasteiger partial charge in [0.05, 0.1) is 12.8 Å². The Morgan fingerprint density at radius 3 is 2.44 bits per heavy atom. The minimum absolute atomic E-state index is 0.133. The van der Waals surface area contributed by atoms with Gasteiger partial charge in [-0.25, -0.2) is 5.14 Å². The first-order valence-electron chi connectivity index (χ1n) is 8.60. The molecular formula is C19H24ClN3O3S. The van der Waals surface area contributed by atoms with Gasteiger partial charge < -0.3 is 10.1 Å². The molecule has 0 radical (unpaired) electrons. The van der Waals surface area contributed by atoms with Gasteiger partial charge in [0.25, 0.3) is 10.2 Å². The van der Waals surface area contributed by atoms with Gasteiger partial charge in [-0.05, 0) is 53.1 Å². The molecule has 2 aromatic carbocycles. The van der Waals surface area contributed by atoms with Crippen molar-refractivity contribution in [1.29, 1.82) is 0 Å². The number of hydrogen-bond acceptors (Lipinski definition) is 4. The van der Waals surface area contributed by atoms with E-state index in [0.29, 0.717) is 22.5 Å². The molecule has 6 nitrogen and oxygen atoms in total. The van der Waals surface area contributed by atoms with E-state index in [-0.39, 0.29) is 5.41 Å². The fourth-order valence-electron chi connectivity index (χ4n) is 3.75. The zero-order valence-electron chi connectivity index (χ0n) is 15.5. The monoisotopic (exact) mass is 409 g/mol. The third-order valence-electron chi connectivity index (χ3n) is 5.25. The first-order valence-corrected chi connectivity index (χ1v) is 10.5. The van der Waals surface area contributed by atoms with Crippen molar-refractivity contribution >= 4 is 33.2 Å². The van der Waals surface area contributed by atoms with Crippen LogP contribution in [0.1, 0.15) is 25.3 Å². The lowest BCUT2D eigenvalue weighted by Gasteiger charge is -2.12. The molecule has 1 aliphatic carbocycles. The number of halogens is 1. The summed E-state index contributed by atoms with van der Waals surface area (Å²) in [6.07, 6.45) is 0. The van der Waals surface area contributed by atoms with E-state index in [1.54, 1.807) is 25.3 Å². The standard InChI is InChI=1S/C19H24ClN3O3S/c1-19(2)15(11-22-16-10-13(20)6-9-17(16)26-3)18(19)12-4-7-14(8-5-12)23-27(21,24)25/h4-10,15,18,22-23H,11H2,1-3H3,(H2,21,24,25)/t15-,18-/m0/s1. The first-order chi connectivity index (χ1) is 12.6. The maximum Gasteiger partial charge on any atom is 0.296 e. The molecule has 0 heterocycles. The number of methoxy groups -OCH3 is 1. The lowest BCUT2D eigenvalue weighted by molar-refractivity contribution is 0.416. The number of benzene rings is 2. The van der Waals surface area contributed by atoms with Crippen molar-refractivity contribution in [2.45, 2.75) is 19.8 Å². The molecule has 0 unspecified atom stereocenters. The molecule has 0 aromatic heterocycles. The Bertz CT molecular complexity index is 930. The Kier molecular flexibility index (Phi) is 5.29. The molecule has 0 amide bonds. The van der Waals surface area contributed by atoms with Crippen LogP contribution in [-0.2, 0) is 10.2 Å². The van der Waals surface area contributed by atoms with E-state index in [1.165, 1.54) is 5.56 Å². The summed E-state index contributed by atoms with van der Waals surface area (Å²) in [6.45, 7) is 5.25. The second-order valence-electron chi connectivity index (χ2n) is 7.40. The molecule has 27 heavy (non-hydrogen) atoms. The van der Waals surface area contributed by atoms with Crippen molar-refractivity contribution in [3.63, 3.8) is 0 Å². The van der Waals surface area contributed by atoms with Crippen LogP contribution in [0.4, 0.5) is 11.4 Å². The smallest absolute Gasteiger partial charge is 0.296 e. The molecule has 8 heteroatoms. The van der Waals surface area contributed by atoms with Crippen molar-refractivity contribution in [1.82, 2.24) is 0 Å². The highest BCUT2D eigenvalue weighted by Gasteiger charge is 2.57. The van der Waals surface area contributed by atoms with Crippen LogP contribution in [0.2, 0.25) is 5.02 Å². The minimum atomic E-state index is -3.76. The second kappa shape index (κ2) is 7.22. The third kappa shape index (κ3) is 4.48. The maximum absolute atomic E-state index is 11.1.